The molecule has 24 heavy (non-hydrogen) atoms. The molecule has 0 atom stereocenters. The molecule has 4 N–H and O–H groups in total. The Bertz CT molecular complexity index is 827. The van der Waals surface area contributed by atoms with Crippen molar-refractivity contribution in [2.24, 2.45) is 16.5 Å². The second kappa shape index (κ2) is 6.51. The lowest BCUT2D eigenvalue weighted by Gasteiger charge is -2.22. The van der Waals surface area contributed by atoms with Crippen LogP contribution in [0.15, 0.2) is 53.3 Å². The minimum Gasteiger partial charge on any atom is -0.858 e. The van der Waals surface area contributed by atoms with E-state index in [2.05, 4.69) is 4.99 Å². The van der Waals surface area contributed by atoms with Crippen molar-refractivity contribution in [1.29, 1.82) is 0 Å². The minimum absolute atomic E-state index is 0.269. The molecule has 0 unspecified atom stereocenters. The number of aryl methyl sites for hydroxylation is 1. The second-order valence-corrected chi connectivity index (χ2v) is 5.58. The molecule has 4 nitrogen and oxygen atoms in total. The maximum Gasteiger partial charge on any atom is 0.147 e. The van der Waals surface area contributed by atoms with Crippen LogP contribution in [0.3, 0.4) is 0 Å². The standard InChI is InChI=1S/C18H17F2N3O/c19-13-6-3-11(4-7-13)16-14-9-12(17(24)23-18(21)22)2-1-10(14)5-8-15(16)20/h1-4,6-7,9,18H,5,8,21-22H2,(H,23,24)/p-1. The van der Waals surface area contributed by atoms with E-state index in [1.165, 1.54) is 24.3 Å². The Morgan fingerprint density at radius 2 is 1.75 bits per heavy atom. The molecule has 0 aliphatic heterocycles. The number of rotatable bonds is 3. The summed E-state index contributed by atoms with van der Waals surface area (Å²) in [5.41, 5.74) is 13.4. The molecule has 1 aliphatic carbocycles. The smallest absolute Gasteiger partial charge is 0.147 e. The SMILES string of the molecule is NC(N)/N=C(\[O-])c1ccc2c(c1)C(c1ccc(F)cc1)=C(F)CC2. The number of nitrogens with zero attached hydrogens (tertiary/aromatic N) is 1. The van der Waals surface area contributed by atoms with Crippen LogP contribution < -0.4 is 16.6 Å². The molecule has 3 rings (SSSR count). The molecule has 124 valence electrons. The maximum atomic E-state index is 14.5. The molecule has 0 fully saturated rings. The Balaban J connectivity index is 2.12. The van der Waals surface area contributed by atoms with E-state index >= 15 is 0 Å². The van der Waals surface area contributed by atoms with E-state index in [4.69, 9.17) is 11.5 Å². The summed E-state index contributed by atoms with van der Waals surface area (Å²) in [6.45, 7) is 0. The van der Waals surface area contributed by atoms with E-state index < -0.39 is 18.0 Å². The Hall–Kier alpha value is -2.57. The highest BCUT2D eigenvalue weighted by Gasteiger charge is 2.21. The van der Waals surface area contributed by atoms with Crippen molar-refractivity contribution in [3.8, 4) is 0 Å². The van der Waals surface area contributed by atoms with Gasteiger partial charge in [0.05, 0.1) is 0 Å². The first kappa shape index (κ1) is 16.3. The average molecular weight is 328 g/mol. The topological polar surface area (TPSA) is 87.5 Å². The average Bonchev–Trinajstić information content (AvgIpc) is 2.55. The maximum absolute atomic E-state index is 14.5. The van der Waals surface area contributed by atoms with Crippen LogP contribution in [0, 0.1) is 5.82 Å². The Kier molecular flexibility index (Phi) is 4.42. The van der Waals surface area contributed by atoms with Gasteiger partial charge in [0.2, 0.25) is 0 Å². The van der Waals surface area contributed by atoms with Gasteiger partial charge in [-0.05, 0) is 52.8 Å². The van der Waals surface area contributed by atoms with Crippen LogP contribution in [-0.4, -0.2) is 12.2 Å². The summed E-state index contributed by atoms with van der Waals surface area (Å²) >= 11 is 0. The molecule has 0 heterocycles. The Morgan fingerprint density at radius 1 is 1.04 bits per heavy atom. The van der Waals surface area contributed by atoms with E-state index in [0.717, 1.165) is 5.56 Å². The quantitative estimate of drug-likeness (QED) is 0.512. The molecule has 0 spiro atoms. The van der Waals surface area contributed by atoms with Gasteiger partial charge < -0.3 is 5.11 Å². The van der Waals surface area contributed by atoms with Crippen LogP contribution >= 0.6 is 0 Å². The molecule has 0 aromatic heterocycles. The molecular weight excluding hydrogens is 312 g/mol. The Labute approximate surface area is 138 Å². The number of fused-ring (bicyclic) bond motifs is 1. The van der Waals surface area contributed by atoms with Gasteiger partial charge in [0.25, 0.3) is 0 Å². The van der Waals surface area contributed by atoms with Crippen LogP contribution in [-0.2, 0) is 6.42 Å². The third kappa shape index (κ3) is 3.20. The molecular formula is C18H16F2N3O-. The zero-order valence-corrected chi connectivity index (χ0v) is 12.8. The van der Waals surface area contributed by atoms with Gasteiger partial charge in [0, 0.05) is 12.0 Å². The summed E-state index contributed by atoms with van der Waals surface area (Å²) in [4.78, 5) is 3.58. The van der Waals surface area contributed by atoms with E-state index in [1.807, 2.05) is 0 Å². The zero-order valence-electron chi connectivity index (χ0n) is 12.8. The summed E-state index contributed by atoms with van der Waals surface area (Å²) in [5, 5.41) is 12.0. The number of nitrogens with two attached hydrogens (primary N) is 2. The van der Waals surface area contributed by atoms with Crippen LogP contribution in [0.1, 0.15) is 28.7 Å². The molecule has 2 aromatic carbocycles. The van der Waals surface area contributed by atoms with Crippen LogP contribution in [0.2, 0.25) is 0 Å². The minimum atomic E-state index is -1.10. The monoisotopic (exact) mass is 328 g/mol. The third-order valence-electron chi connectivity index (χ3n) is 3.91. The normalized spacial score (nSPS) is 15.0. The van der Waals surface area contributed by atoms with E-state index in [0.29, 0.717) is 23.1 Å². The molecule has 0 bridgehead atoms. The summed E-state index contributed by atoms with van der Waals surface area (Å²) in [7, 11) is 0. The van der Waals surface area contributed by atoms with Gasteiger partial charge in [0.15, 0.2) is 0 Å². The lowest BCUT2D eigenvalue weighted by atomic mass is 9.85. The summed E-state index contributed by atoms with van der Waals surface area (Å²) < 4.78 is 27.6. The van der Waals surface area contributed by atoms with Crippen molar-refractivity contribution in [2.75, 3.05) is 0 Å². The van der Waals surface area contributed by atoms with Crippen molar-refractivity contribution in [2.45, 2.75) is 19.1 Å². The van der Waals surface area contributed by atoms with Gasteiger partial charge in [-0.2, -0.15) is 0 Å². The number of benzene rings is 2. The van der Waals surface area contributed by atoms with E-state index in [1.54, 1.807) is 18.2 Å². The molecule has 0 saturated carbocycles. The van der Waals surface area contributed by atoms with Crippen molar-refractivity contribution in [3.05, 3.63) is 76.4 Å². The molecule has 0 amide bonds. The van der Waals surface area contributed by atoms with Crippen molar-refractivity contribution >= 4 is 11.5 Å². The molecule has 0 radical (unpaired) electrons. The van der Waals surface area contributed by atoms with Gasteiger partial charge in [0.1, 0.15) is 17.9 Å². The van der Waals surface area contributed by atoms with E-state index in [9.17, 15) is 13.9 Å². The first-order valence-corrected chi connectivity index (χ1v) is 7.50. The molecule has 1 aliphatic rings. The number of hydrogen-bond acceptors (Lipinski definition) is 4. The Morgan fingerprint density at radius 3 is 2.42 bits per heavy atom. The van der Waals surface area contributed by atoms with Crippen molar-refractivity contribution in [3.63, 3.8) is 0 Å². The highest BCUT2D eigenvalue weighted by atomic mass is 19.1. The van der Waals surface area contributed by atoms with Gasteiger partial charge >= 0.3 is 0 Å². The fraction of sp³-hybridized carbons (Fsp3) is 0.167. The van der Waals surface area contributed by atoms with Crippen LogP contribution in [0.5, 0.6) is 0 Å². The zero-order chi connectivity index (χ0) is 17.3. The highest BCUT2D eigenvalue weighted by Crippen LogP contribution is 2.37. The largest absolute Gasteiger partial charge is 0.858 e. The lowest BCUT2D eigenvalue weighted by Crippen LogP contribution is -2.32. The lowest BCUT2D eigenvalue weighted by molar-refractivity contribution is -0.213. The number of allylic oxidation sites excluding steroid dienone is 1. The van der Waals surface area contributed by atoms with E-state index in [-0.39, 0.29) is 17.8 Å². The van der Waals surface area contributed by atoms with Crippen molar-refractivity contribution in [1.82, 2.24) is 0 Å². The fourth-order valence-corrected chi connectivity index (χ4v) is 2.81. The predicted molar refractivity (Wildman–Crippen MR) is 87.0 cm³/mol. The first-order chi connectivity index (χ1) is 11.5. The van der Waals surface area contributed by atoms with Crippen LogP contribution in [0.4, 0.5) is 8.78 Å². The summed E-state index contributed by atoms with van der Waals surface area (Å²) in [6.07, 6.45) is -0.295. The predicted octanol–water partition coefficient (Wildman–Crippen LogP) is 1.81. The summed E-state index contributed by atoms with van der Waals surface area (Å²) in [5.74, 6) is -1.24. The van der Waals surface area contributed by atoms with Gasteiger partial charge in [-0.15, -0.1) is 0 Å². The van der Waals surface area contributed by atoms with Crippen molar-refractivity contribution < 1.29 is 13.9 Å². The fourth-order valence-electron chi connectivity index (χ4n) is 2.81. The number of hydrogen-bond donors (Lipinski definition) is 2. The molecule has 0 saturated heterocycles. The summed E-state index contributed by atoms with van der Waals surface area (Å²) in [6, 6.07) is 10.6. The van der Waals surface area contributed by atoms with Gasteiger partial charge in [-0.3, -0.25) is 16.5 Å². The number of halogens is 2. The number of aliphatic imine (C=N–C) groups is 1. The van der Waals surface area contributed by atoms with Crippen LogP contribution in [0.25, 0.3) is 5.57 Å². The second-order valence-electron chi connectivity index (χ2n) is 5.58. The molecule has 6 heteroatoms. The third-order valence-corrected chi connectivity index (χ3v) is 3.91. The van der Waals surface area contributed by atoms with Gasteiger partial charge in [-0.1, -0.05) is 24.3 Å². The molecule has 2 aromatic rings. The first-order valence-electron chi connectivity index (χ1n) is 7.50. The van der Waals surface area contributed by atoms with Gasteiger partial charge in [-0.25, -0.2) is 8.78 Å². The highest BCUT2D eigenvalue weighted by molar-refractivity contribution is 5.94.